The van der Waals surface area contributed by atoms with Crippen LogP contribution >= 0.6 is 23.2 Å². The van der Waals surface area contributed by atoms with E-state index in [-0.39, 0.29) is 29.5 Å². The first-order valence-corrected chi connectivity index (χ1v) is 17.8. The summed E-state index contributed by atoms with van der Waals surface area (Å²) in [5.74, 6) is 0.106. The monoisotopic (exact) mass is 715 g/mol. The summed E-state index contributed by atoms with van der Waals surface area (Å²) < 4.78 is 35.4. The maximum Gasteiger partial charge on any atom is 0.264 e. The van der Waals surface area contributed by atoms with Gasteiger partial charge in [0.25, 0.3) is 10.0 Å². The molecule has 0 radical (unpaired) electrons. The number of ether oxygens (including phenoxy) is 1. The van der Waals surface area contributed by atoms with Gasteiger partial charge in [0.05, 0.1) is 10.6 Å². The number of hydrogen-bond acceptors (Lipinski definition) is 5. The van der Waals surface area contributed by atoms with Gasteiger partial charge in [0.15, 0.2) is 0 Å². The van der Waals surface area contributed by atoms with Crippen LogP contribution in [0.4, 0.5) is 5.69 Å². The van der Waals surface area contributed by atoms with Crippen molar-refractivity contribution < 1.29 is 22.7 Å². The van der Waals surface area contributed by atoms with Gasteiger partial charge in [-0.05, 0) is 78.7 Å². The lowest BCUT2D eigenvalue weighted by Crippen LogP contribution is -2.53. The summed E-state index contributed by atoms with van der Waals surface area (Å²) in [6, 6.07) is 36.7. The summed E-state index contributed by atoms with van der Waals surface area (Å²) in [6.07, 6.45) is 0.181. The van der Waals surface area contributed by atoms with Gasteiger partial charge in [0, 0.05) is 29.6 Å². The average Bonchev–Trinajstić information content (AvgIpc) is 3.11. The first-order valence-electron chi connectivity index (χ1n) is 15.6. The summed E-state index contributed by atoms with van der Waals surface area (Å²) in [4.78, 5) is 29.6. The molecule has 49 heavy (non-hydrogen) atoms. The van der Waals surface area contributed by atoms with Crippen molar-refractivity contribution in [3.05, 3.63) is 155 Å². The van der Waals surface area contributed by atoms with Crippen LogP contribution in [0.3, 0.4) is 0 Å². The van der Waals surface area contributed by atoms with Gasteiger partial charge in [-0.1, -0.05) is 96.0 Å². The molecule has 1 atom stereocenters. The van der Waals surface area contributed by atoms with Crippen LogP contribution in [0.1, 0.15) is 18.1 Å². The smallest absolute Gasteiger partial charge is 0.264 e. The van der Waals surface area contributed by atoms with Gasteiger partial charge in [-0.3, -0.25) is 13.9 Å². The predicted molar refractivity (Wildman–Crippen MR) is 194 cm³/mol. The summed E-state index contributed by atoms with van der Waals surface area (Å²) in [7, 11) is -4.26. The van der Waals surface area contributed by atoms with Crippen molar-refractivity contribution in [2.24, 2.45) is 0 Å². The number of likely N-dealkylation sites (N-methyl/N-ethyl adjacent to an activating group) is 1. The van der Waals surface area contributed by atoms with E-state index in [0.29, 0.717) is 33.7 Å². The van der Waals surface area contributed by atoms with E-state index in [1.54, 1.807) is 79.7 Å². The number of benzene rings is 5. The van der Waals surface area contributed by atoms with E-state index in [9.17, 15) is 18.0 Å². The van der Waals surface area contributed by atoms with Crippen LogP contribution in [0.15, 0.2) is 138 Å². The molecule has 0 fully saturated rings. The highest BCUT2D eigenvalue weighted by molar-refractivity contribution is 7.92. The van der Waals surface area contributed by atoms with E-state index in [1.807, 2.05) is 48.5 Å². The minimum atomic E-state index is -4.26. The number of carbonyl (C=O) groups is 2. The molecule has 5 aromatic rings. The van der Waals surface area contributed by atoms with Gasteiger partial charge >= 0.3 is 0 Å². The minimum Gasteiger partial charge on any atom is -0.457 e. The molecule has 5 rings (SSSR count). The SMILES string of the molecule is CCNC(=O)C(Cc1ccccc1)N(Cc1ccc(Cl)cc1Cl)C(=O)CN(c1ccc(Oc2ccccc2)cc1)S(=O)(=O)c1ccccc1. The molecule has 1 unspecified atom stereocenters. The quantitative estimate of drug-likeness (QED) is 0.127. The summed E-state index contributed by atoms with van der Waals surface area (Å²) >= 11 is 12.7. The molecule has 5 aromatic carbocycles. The lowest BCUT2D eigenvalue weighted by molar-refractivity contribution is -0.140. The van der Waals surface area contributed by atoms with E-state index in [2.05, 4.69) is 5.32 Å². The van der Waals surface area contributed by atoms with Crippen molar-refractivity contribution in [1.82, 2.24) is 10.2 Å². The molecule has 0 aliphatic carbocycles. The van der Waals surface area contributed by atoms with Crippen LogP contribution in [0.5, 0.6) is 11.5 Å². The van der Waals surface area contributed by atoms with E-state index >= 15 is 0 Å². The molecule has 0 saturated carbocycles. The van der Waals surface area contributed by atoms with Gasteiger partial charge in [-0.15, -0.1) is 0 Å². The molecule has 0 aliphatic rings. The molecule has 0 bridgehead atoms. The second-order valence-corrected chi connectivity index (χ2v) is 13.8. The Bertz CT molecular complexity index is 1960. The Morgan fingerprint density at radius 3 is 1.98 bits per heavy atom. The molecule has 0 saturated heterocycles. The first kappa shape index (κ1) is 35.5. The van der Waals surface area contributed by atoms with Gasteiger partial charge in [-0.2, -0.15) is 0 Å². The number of sulfonamides is 1. The third-order valence-electron chi connectivity index (χ3n) is 7.69. The molecule has 0 heterocycles. The lowest BCUT2D eigenvalue weighted by Gasteiger charge is -2.34. The number of nitrogens with one attached hydrogen (secondary N) is 1. The topological polar surface area (TPSA) is 96.0 Å². The van der Waals surface area contributed by atoms with Crippen molar-refractivity contribution in [2.45, 2.75) is 30.8 Å². The molecule has 0 aromatic heterocycles. The van der Waals surface area contributed by atoms with Crippen molar-refractivity contribution in [2.75, 3.05) is 17.4 Å². The summed E-state index contributed by atoms with van der Waals surface area (Å²) in [5.41, 5.74) is 1.60. The fourth-order valence-electron chi connectivity index (χ4n) is 5.23. The number of anilines is 1. The Morgan fingerprint density at radius 2 is 1.37 bits per heavy atom. The van der Waals surface area contributed by atoms with Crippen LogP contribution in [-0.2, 0) is 32.6 Å². The van der Waals surface area contributed by atoms with Gasteiger partial charge in [-0.25, -0.2) is 8.42 Å². The Labute approximate surface area is 296 Å². The van der Waals surface area contributed by atoms with Gasteiger partial charge < -0.3 is 15.0 Å². The second kappa shape index (κ2) is 16.5. The molecule has 1 N–H and O–H groups in total. The maximum atomic E-state index is 14.6. The highest BCUT2D eigenvalue weighted by atomic mass is 35.5. The predicted octanol–water partition coefficient (Wildman–Crippen LogP) is 7.76. The van der Waals surface area contributed by atoms with Gasteiger partial charge in [0.1, 0.15) is 24.1 Å². The Morgan fingerprint density at radius 1 is 0.776 bits per heavy atom. The first-order chi connectivity index (χ1) is 23.7. The van der Waals surface area contributed by atoms with Crippen molar-refractivity contribution >= 4 is 50.7 Å². The fraction of sp³-hybridized carbons (Fsp3) is 0.158. The third kappa shape index (κ3) is 9.20. The van der Waals surface area contributed by atoms with Crippen molar-refractivity contribution in [3.63, 3.8) is 0 Å². The minimum absolute atomic E-state index is 0.00395. The van der Waals surface area contributed by atoms with Crippen molar-refractivity contribution in [3.8, 4) is 11.5 Å². The zero-order valence-electron chi connectivity index (χ0n) is 26.7. The van der Waals surface area contributed by atoms with Crippen LogP contribution < -0.4 is 14.4 Å². The molecular weight excluding hydrogens is 681 g/mol. The highest BCUT2D eigenvalue weighted by Gasteiger charge is 2.34. The maximum absolute atomic E-state index is 14.6. The zero-order chi connectivity index (χ0) is 34.8. The van der Waals surface area contributed by atoms with E-state index in [4.69, 9.17) is 27.9 Å². The number of para-hydroxylation sites is 1. The van der Waals surface area contributed by atoms with Gasteiger partial charge in [0.2, 0.25) is 11.8 Å². The molecule has 252 valence electrons. The normalized spacial score (nSPS) is 11.7. The molecule has 2 amide bonds. The zero-order valence-corrected chi connectivity index (χ0v) is 29.0. The number of rotatable bonds is 14. The molecule has 0 aliphatic heterocycles. The summed E-state index contributed by atoms with van der Waals surface area (Å²) in [6.45, 7) is 1.44. The largest absolute Gasteiger partial charge is 0.457 e. The fourth-order valence-corrected chi connectivity index (χ4v) is 7.14. The number of hydrogen-bond donors (Lipinski definition) is 1. The second-order valence-electron chi connectivity index (χ2n) is 11.1. The van der Waals surface area contributed by atoms with E-state index in [0.717, 1.165) is 9.87 Å². The summed E-state index contributed by atoms with van der Waals surface area (Å²) in [5, 5.41) is 3.57. The van der Waals surface area contributed by atoms with Crippen molar-refractivity contribution in [1.29, 1.82) is 0 Å². The average molecular weight is 717 g/mol. The van der Waals surface area contributed by atoms with Crippen LogP contribution in [0.25, 0.3) is 0 Å². The Kier molecular flexibility index (Phi) is 12.0. The molecule has 11 heteroatoms. The van der Waals surface area contributed by atoms with Crippen LogP contribution in [-0.4, -0.2) is 44.3 Å². The third-order valence-corrected chi connectivity index (χ3v) is 10.1. The number of nitrogens with zero attached hydrogens (tertiary/aromatic N) is 2. The standard InChI is InChI=1S/C38H35Cl2N3O5S/c1-2-41-38(45)36(24-28-12-6-3-7-13-28)42(26-29-18-19-30(39)25-35(29)40)37(44)27-43(49(46,47)34-16-10-5-11-17-34)31-20-22-33(23-21-31)48-32-14-8-4-9-15-32/h3-23,25,36H,2,24,26-27H2,1H3,(H,41,45). The van der Waals surface area contributed by atoms with Crippen LogP contribution in [0.2, 0.25) is 10.0 Å². The highest BCUT2D eigenvalue weighted by Crippen LogP contribution is 2.29. The molecule has 0 spiro atoms. The Balaban J connectivity index is 1.55. The number of amides is 2. The lowest BCUT2D eigenvalue weighted by atomic mass is 10.0. The van der Waals surface area contributed by atoms with E-state index < -0.39 is 28.5 Å². The van der Waals surface area contributed by atoms with Crippen LogP contribution in [0, 0.1) is 0 Å². The Hall–Kier alpha value is -4.83. The molecular formula is C38H35Cl2N3O5S. The van der Waals surface area contributed by atoms with E-state index in [1.165, 1.54) is 17.0 Å². The molecule has 8 nitrogen and oxygen atoms in total. The number of halogens is 2. The number of carbonyl (C=O) groups excluding carboxylic acids is 2.